The van der Waals surface area contributed by atoms with Gasteiger partial charge in [0.2, 0.25) is 0 Å². The highest BCUT2D eigenvalue weighted by atomic mass is 16.1. The van der Waals surface area contributed by atoms with Crippen LogP contribution >= 0.6 is 0 Å². The average molecular weight is 403 g/mol. The first-order chi connectivity index (χ1) is 14.7. The summed E-state index contributed by atoms with van der Waals surface area (Å²) in [6.45, 7) is 1.91. The molecule has 3 aromatic heterocycles. The van der Waals surface area contributed by atoms with Crippen LogP contribution in [0.2, 0.25) is 0 Å². The summed E-state index contributed by atoms with van der Waals surface area (Å²) in [5, 5.41) is 29.1. The summed E-state index contributed by atoms with van der Waals surface area (Å²) >= 11 is 0. The molecule has 0 radical (unpaired) electrons. The normalized spacial score (nSPS) is 15.0. The molecule has 4 heterocycles. The largest absolute Gasteiger partial charge is 0.317 e. The van der Waals surface area contributed by atoms with E-state index in [9.17, 15) is 4.79 Å². The van der Waals surface area contributed by atoms with Crippen LogP contribution in [0.5, 0.6) is 0 Å². The maximum absolute atomic E-state index is 12.7. The highest BCUT2D eigenvalue weighted by molar-refractivity contribution is 5.95. The molecule has 4 aromatic rings. The zero-order valence-electron chi connectivity index (χ0n) is 16.6. The van der Waals surface area contributed by atoms with Crippen LogP contribution in [-0.4, -0.2) is 59.1 Å². The summed E-state index contributed by atoms with van der Waals surface area (Å²) in [5.74, 6) is -0.117. The maximum atomic E-state index is 12.7. The molecule has 0 aliphatic carbocycles. The van der Waals surface area contributed by atoms with E-state index >= 15 is 0 Å². The van der Waals surface area contributed by atoms with Crippen molar-refractivity contribution in [1.82, 2.24) is 45.5 Å². The summed E-state index contributed by atoms with van der Waals surface area (Å²) in [4.78, 5) is 12.7. The third kappa shape index (κ3) is 3.69. The van der Waals surface area contributed by atoms with Crippen LogP contribution in [0.25, 0.3) is 22.2 Å². The molecule has 1 aromatic carbocycles. The van der Waals surface area contributed by atoms with E-state index in [1.807, 2.05) is 42.2 Å². The number of Topliss-reactive ketones (excluding diaryl/α,β-unsaturated/α-hetero) is 1. The molecule has 10 nitrogen and oxygen atoms in total. The van der Waals surface area contributed by atoms with Crippen molar-refractivity contribution >= 4 is 16.7 Å². The highest BCUT2D eigenvalue weighted by Gasteiger charge is 2.19. The molecule has 0 saturated carbocycles. The van der Waals surface area contributed by atoms with Gasteiger partial charge in [0.1, 0.15) is 11.4 Å². The van der Waals surface area contributed by atoms with Gasteiger partial charge in [0.05, 0.1) is 36.1 Å². The highest BCUT2D eigenvalue weighted by Crippen LogP contribution is 2.22. The fourth-order valence-corrected chi connectivity index (χ4v) is 3.72. The van der Waals surface area contributed by atoms with Gasteiger partial charge in [-0.1, -0.05) is 16.5 Å². The van der Waals surface area contributed by atoms with E-state index in [4.69, 9.17) is 0 Å². The van der Waals surface area contributed by atoms with E-state index in [1.54, 1.807) is 10.9 Å². The molecule has 0 amide bonds. The fourth-order valence-electron chi connectivity index (χ4n) is 3.72. The summed E-state index contributed by atoms with van der Waals surface area (Å²) in [7, 11) is 1.83. The molecule has 1 fully saturated rings. The number of benzene rings is 1. The Labute approximate surface area is 172 Å². The molecule has 1 aliphatic heterocycles. The lowest BCUT2D eigenvalue weighted by Gasteiger charge is -2.22. The van der Waals surface area contributed by atoms with Crippen LogP contribution in [0.15, 0.2) is 36.7 Å². The van der Waals surface area contributed by atoms with Gasteiger partial charge in [0.25, 0.3) is 0 Å². The topological polar surface area (TPSA) is 116 Å². The Hall–Kier alpha value is -3.53. The van der Waals surface area contributed by atoms with Crippen molar-refractivity contribution in [1.29, 1.82) is 0 Å². The van der Waals surface area contributed by atoms with E-state index in [2.05, 4.69) is 36.1 Å². The standard InChI is InChI=1S/C20H21N9O/c1-28-11-18(24-26-28)13-2-3-17-14(8-13)9-15(22-23-17)10-20(30)19-12-29(27-25-19)16-4-6-21-7-5-16/h2-3,8-9,11-12,16,21H,4-7,10H2,1H3. The Morgan fingerprint density at radius 1 is 1.07 bits per heavy atom. The van der Waals surface area contributed by atoms with Gasteiger partial charge in [0, 0.05) is 18.0 Å². The predicted octanol–water partition coefficient (Wildman–Crippen LogP) is 1.37. The number of nitrogens with one attached hydrogen (secondary N) is 1. The maximum Gasteiger partial charge on any atom is 0.190 e. The van der Waals surface area contributed by atoms with Gasteiger partial charge < -0.3 is 5.32 Å². The smallest absolute Gasteiger partial charge is 0.190 e. The Kier molecular flexibility index (Phi) is 4.75. The predicted molar refractivity (Wildman–Crippen MR) is 109 cm³/mol. The van der Waals surface area contributed by atoms with Crippen LogP contribution in [0, 0.1) is 0 Å². The number of carbonyl (C=O) groups is 1. The lowest BCUT2D eigenvalue weighted by molar-refractivity contribution is 0.0987. The number of piperidine rings is 1. The number of ketones is 1. The van der Waals surface area contributed by atoms with Gasteiger partial charge >= 0.3 is 0 Å². The number of rotatable bonds is 5. The van der Waals surface area contributed by atoms with Crippen molar-refractivity contribution in [3.8, 4) is 11.3 Å². The molecule has 1 aliphatic rings. The lowest BCUT2D eigenvalue weighted by Crippen LogP contribution is -2.29. The first-order valence-corrected chi connectivity index (χ1v) is 9.94. The molecule has 30 heavy (non-hydrogen) atoms. The van der Waals surface area contributed by atoms with Gasteiger partial charge in [-0.15, -0.1) is 10.2 Å². The molecule has 1 N–H and O–H groups in total. The minimum atomic E-state index is -0.117. The quantitative estimate of drug-likeness (QED) is 0.497. The number of aryl methyl sites for hydroxylation is 1. The van der Waals surface area contributed by atoms with Crippen molar-refractivity contribution in [2.24, 2.45) is 7.05 Å². The van der Waals surface area contributed by atoms with Crippen LogP contribution in [0.4, 0.5) is 0 Å². The molecule has 5 rings (SSSR count). The van der Waals surface area contributed by atoms with E-state index in [0.717, 1.165) is 48.1 Å². The van der Waals surface area contributed by atoms with Gasteiger partial charge in [0.15, 0.2) is 5.78 Å². The molecule has 0 bridgehead atoms. The minimum absolute atomic E-state index is 0.117. The summed E-state index contributed by atoms with van der Waals surface area (Å²) in [6, 6.07) is 7.99. The lowest BCUT2D eigenvalue weighted by atomic mass is 10.1. The van der Waals surface area contributed by atoms with Crippen molar-refractivity contribution in [2.45, 2.75) is 25.3 Å². The van der Waals surface area contributed by atoms with Crippen molar-refractivity contribution < 1.29 is 4.79 Å². The van der Waals surface area contributed by atoms with Crippen molar-refractivity contribution in [3.05, 3.63) is 48.0 Å². The number of aromatic nitrogens is 8. The SMILES string of the molecule is Cn1cc(-c2ccc3nnc(CC(=O)c4cn(C5CCNCC5)nn4)cc3c2)nn1. The first kappa shape index (κ1) is 18.5. The van der Waals surface area contributed by atoms with E-state index in [0.29, 0.717) is 17.4 Å². The van der Waals surface area contributed by atoms with Gasteiger partial charge in [-0.2, -0.15) is 10.2 Å². The molecular weight excluding hydrogens is 382 g/mol. The van der Waals surface area contributed by atoms with Crippen LogP contribution in [0.3, 0.4) is 0 Å². The van der Waals surface area contributed by atoms with Crippen LogP contribution in [0.1, 0.15) is 35.1 Å². The molecular formula is C20H21N9O. The Morgan fingerprint density at radius 3 is 2.73 bits per heavy atom. The second kappa shape index (κ2) is 7.71. The Bertz CT molecular complexity index is 1210. The number of carbonyl (C=O) groups excluding carboxylic acids is 1. The zero-order chi connectivity index (χ0) is 20.5. The monoisotopic (exact) mass is 403 g/mol. The zero-order valence-corrected chi connectivity index (χ0v) is 16.6. The molecule has 152 valence electrons. The summed E-state index contributed by atoms with van der Waals surface area (Å²) < 4.78 is 3.47. The molecule has 10 heteroatoms. The van der Waals surface area contributed by atoms with E-state index in [-0.39, 0.29) is 12.2 Å². The van der Waals surface area contributed by atoms with Gasteiger partial charge in [-0.3, -0.25) is 9.48 Å². The van der Waals surface area contributed by atoms with Gasteiger partial charge in [-0.25, -0.2) is 4.68 Å². The van der Waals surface area contributed by atoms with E-state index < -0.39 is 0 Å². The number of nitrogens with zero attached hydrogens (tertiary/aromatic N) is 8. The Balaban J connectivity index is 1.35. The van der Waals surface area contributed by atoms with E-state index in [1.165, 1.54) is 0 Å². The summed E-state index contributed by atoms with van der Waals surface area (Å²) in [5.41, 5.74) is 3.44. The number of fused-ring (bicyclic) bond motifs is 1. The minimum Gasteiger partial charge on any atom is -0.317 e. The molecule has 0 atom stereocenters. The third-order valence-corrected chi connectivity index (χ3v) is 5.35. The third-order valence-electron chi connectivity index (χ3n) is 5.35. The fraction of sp³-hybridized carbons (Fsp3) is 0.350. The van der Waals surface area contributed by atoms with Crippen LogP contribution < -0.4 is 5.32 Å². The number of hydrogen-bond acceptors (Lipinski definition) is 8. The van der Waals surface area contributed by atoms with Crippen molar-refractivity contribution in [3.63, 3.8) is 0 Å². The summed E-state index contributed by atoms with van der Waals surface area (Å²) in [6.07, 6.45) is 5.71. The second-order valence-corrected chi connectivity index (χ2v) is 7.55. The average Bonchev–Trinajstić information content (AvgIpc) is 3.43. The van der Waals surface area contributed by atoms with Gasteiger partial charge in [-0.05, 0) is 44.1 Å². The first-order valence-electron chi connectivity index (χ1n) is 9.94. The Morgan fingerprint density at radius 2 is 1.93 bits per heavy atom. The number of hydrogen-bond donors (Lipinski definition) is 1. The second-order valence-electron chi connectivity index (χ2n) is 7.55. The molecule has 0 unspecified atom stereocenters. The molecule has 1 saturated heterocycles. The van der Waals surface area contributed by atoms with Crippen molar-refractivity contribution in [2.75, 3.05) is 13.1 Å². The van der Waals surface area contributed by atoms with Crippen LogP contribution in [-0.2, 0) is 13.5 Å². The molecule has 0 spiro atoms.